The first kappa shape index (κ1) is 13.0. The Labute approximate surface area is 108 Å². The molecule has 2 N–H and O–H groups in total. The average Bonchev–Trinajstić information content (AvgIpc) is 2.38. The number of hydrogen-bond donors (Lipinski definition) is 1. The number of pyridine rings is 1. The Morgan fingerprint density at radius 3 is 3.11 bits per heavy atom. The Hall–Kier alpha value is -1.49. The predicted molar refractivity (Wildman–Crippen MR) is 72.1 cm³/mol. The van der Waals surface area contributed by atoms with Crippen molar-refractivity contribution in [3.05, 3.63) is 12.1 Å². The molecule has 0 radical (unpaired) electrons. The lowest BCUT2D eigenvalue weighted by molar-refractivity contribution is 0.0529. The minimum atomic E-state index is 0.234. The second-order valence-corrected chi connectivity index (χ2v) is 4.54. The molecule has 2 heterocycles. The maximum absolute atomic E-state index is 5.86. The lowest BCUT2D eigenvalue weighted by Gasteiger charge is -2.32. The first-order valence-corrected chi connectivity index (χ1v) is 6.46. The van der Waals surface area contributed by atoms with Crippen molar-refractivity contribution in [2.75, 3.05) is 36.9 Å². The van der Waals surface area contributed by atoms with Crippen molar-refractivity contribution >= 4 is 11.5 Å². The third-order valence-corrected chi connectivity index (χ3v) is 2.88. The number of nitrogen functional groups attached to an aromatic ring is 1. The Morgan fingerprint density at radius 1 is 1.56 bits per heavy atom. The molecule has 1 aromatic heterocycles. The number of morpholine rings is 1. The molecule has 1 aliphatic rings. The maximum atomic E-state index is 5.86. The van der Waals surface area contributed by atoms with E-state index in [9.17, 15) is 0 Å². The molecule has 18 heavy (non-hydrogen) atoms. The Kier molecular flexibility index (Phi) is 4.25. The summed E-state index contributed by atoms with van der Waals surface area (Å²) in [6.07, 6.45) is 1.18. The van der Waals surface area contributed by atoms with Gasteiger partial charge in [0, 0.05) is 13.1 Å². The van der Waals surface area contributed by atoms with Crippen LogP contribution in [0.25, 0.3) is 0 Å². The number of aromatic nitrogens is 1. The van der Waals surface area contributed by atoms with Gasteiger partial charge in [0.05, 0.1) is 25.0 Å². The van der Waals surface area contributed by atoms with E-state index in [1.807, 2.05) is 12.1 Å². The molecular weight excluding hydrogens is 230 g/mol. The number of rotatable bonds is 4. The number of hydrogen-bond acceptors (Lipinski definition) is 5. The number of ether oxygens (including phenoxy) is 2. The summed E-state index contributed by atoms with van der Waals surface area (Å²) in [6.45, 7) is 7.21. The van der Waals surface area contributed by atoms with Crippen LogP contribution in [0.3, 0.4) is 0 Å². The van der Waals surface area contributed by atoms with Gasteiger partial charge in [0.15, 0.2) is 0 Å². The molecule has 2 rings (SSSR count). The molecule has 5 nitrogen and oxygen atoms in total. The van der Waals surface area contributed by atoms with Crippen molar-refractivity contribution < 1.29 is 9.47 Å². The van der Waals surface area contributed by atoms with Crippen molar-refractivity contribution in [1.82, 2.24) is 4.98 Å². The fraction of sp³-hybridized carbons (Fsp3) is 0.615. The molecule has 0 spiro atoms. The number of nitrogens with two attached hydrogens (primary N) is 1. The Morgan fingerprint density at radius 2 is 2.39 bits per heavy atom. The summed E-state index contributed by atoms with van der Waals surface area (Å²) >= 11 is 0. The quantitative estimate of drug-likeness (QED) is 0.882. The molecule has 5 heteroatoms. The van der Waals surface area contributed by atoms with Gasteiger partial charge in [0.1, 0.15) is 5.82 Å². The largest absolute Gasteiger partial charge is 0.476 e. The molecule has 1 atom stereocenters. The third-order valence-electron chi connectivity index (χ3n) is 2.88. The Bertz CT molecular complexity index is 398. The van der Waals surface area contributed by atoms with Crippen molar-refractivity contribution in [1.29, 1.82) is 0 Å². The highest BCUT2D eigenvalue weighted by Gasteiger charge is 2.18. The lowest BCUT2D eigenvalue weighted by atomic mass is 10.3. The van der Waals surface area contributed by atoms with Gasteiger partial charge in [-0.2, -0.15) is 4.98 Å². The molecule has 0 amide bonds. The van der Waals surface area contributed by atoms with Crippen LogP contribution in [-0.4, -0.2) is 37.4 Å². The third kappa shape index (κ3) is 3.04. The molecule has 1 aromatic rings. The molecule has 1 saturated heterocycles. The smallest absolute Gasteiger partial charge is 0.239 e. The second kappa shape index (κ2) is 5.91. The molecule has 1 aliphatic heterocycles. The zero-order chi connectivity index (χ0) is 13.0. The second-order valence-electron chi connectivity index (χ2n) is 4.54. The molecule has 0 aromatic carbocycles. The number of nitrogens with zero attached hydrogens (tertiary/aromatic N) is 2. The maximum Gasteiger partial charge on any atom is 0.239 e. The van der Waals surface area contributed by atoms with Gasteiger partial charge in [0.25, 0.3) is 0 Å². The highest BCUT2D eigenvalue weighted by molar-refractivity contribution is 5.54. The molecule has 1 fully saturated rings. The van der Waals surface area contributed by atoms with E-state index in [0.717, 1.165) is 31.9 Å². The number of anilines is 2. The van der Waals surface area contributed by atoms with Crippen molar-refractivity contribution in [3.63, 3.8) is 0 Å². The van der Waals surface area contributed by atoms with Crippen LogP contribution in [0.1, 0.15) is 20.3 Å². The van der Waals surface area contributed by atoms with E-state index in [4.69, 9.17) is 15.2 Å². The summed E-state index contributed by atoms with van der Waals surface area (Å²) in [6, 6.07) is 3.79. The van der Waals surface area contributed by atoms with Gasteiger partial charge in [-0.1, -0.05) is 6.92 Å². The van der Waals surface area contributed by atoms with Crippen molar-refractivity contribution in [2.24, 2.45) is 0 Å². The normalized spacial score (nSPS) is 19.9. The first-order valence-electron chi connectivity index (χ1n) is 6.46. The van der Waals surface area contributed by atoms with Crippen molar-refractivity contribution in [2.45, 2.75) is 26.4 Å². The van der Waals surface area contributed by atoms with Gasteiger partial charge in [-0.15, -0.1) is 0 Å². The van der Waals surface area contributed by atoms with E-state index in [0.29, 0.717) is 18.2 Å². The van der Waals surface area contributed by atoms with Gasteiger partial charge >= 0.3 is 0 Å². The van der Waals surface area contributed by atoms with Crippen LogP contribution in [0.15, 0.2) is 12.1 Å². The van der Waals surface area contributed by atoms with Crippen LogP contribution in [0.5, 0.6) is 5.88 Å². The molecule has 0 aliphatic carbocycles. The lowest BCUT2D eigenvalue weighted by Crippen LogP contribution is -2.41. The van der Waals surface area contributed by atoms with E-state index in [1.165, 1.54) is 0 Å². The van der Waals surface area contributed by atoms with Crippen LogP contribution >= 0.6 is 0 Å². The fourth-order valence-electron chi connectivity index (χ4n) is 1.96. The molecule has 0 bridgehead atoms. The fourth-order valence-corrected chi connectivity index (χ4v) is 1.96. The van der Waals surface area contributed by atoms with Gasteiger partial charge in [-0.25, -0.2) is 0 Å². The zero-order valence-corrected chi connectivity index (χ0v) is 11.1. The van der Waals surface area contributed by atoms with Gasteiger partial charge in [-0.3, -0.25) is 0 Å². The molecular formula is C13H21N3O2. The van der Waals surface area contributed by atoms with E-state index < -0.39 is 0 Å². The minimum Gasteiger partial charge on any atom is -0.476 e. The summed E-state index contributed by atoms with van der Waals surface area (Å²) in [4.78, 5) is 6.69. The average molecular weight is 251 g/mol. The monoisotopic (exact) mass is 251 g/mol. The molecule has 1 unspecified atom stereocenters. The zero-order valence-electron chi connectivity index (χ0n) is 11.1. The standard InChI is InChI=1S/C13H21N3O2/c1-3-7-18-13-11(14)4-5-12(15-13)16-6-8-17-10(2)9-16/h4-5,10H,3,6-9,14H2,1-2H3. The van der Waals surface area contributed by atoms with Gasteiger partial charge in [0.2, 0.25) is 5.88 Å². The van der Waals surface area contributed by atoms with Crippen LogP contribution in [0.4, 0.5) is 11.5 Å². The van der Waals surface area contributed by atoms with E-state index in [-0.39, 0.29) is 6.10 Å². The predicted octanol–water partition coefficient (Wildman–Crippen LogP) is 1.68. The van der Waals surface area contributed by atoms with Gasteiger partial charge in [-0.05, 0) is 25.5 Å². The minimum absolute atomic E-state index is 0.234. The van der Waals surface area contributed by atoms with E-state index >= 15 is 0 Å². The highest BCUT2D eigenvalue weighted by Crippen LogP contribution is 2.24. The summed E-state index contributed by atoms with van der Waals surface area (Å²) in [5, 5.41) is 0. The summed E-state index contributed by atoms with van der Waals surface area (Å²) < 4.78 is 11.1. The summed E-state index contributed by atoms with van der Waals surface area (Å²) in [5.74, 6) is 1.44. The van der Waals surface area contributed by atoms with Crippen LogP contribution in [0.2, 0.25) is 0 Å². The van der Waals surface area contributed by atoms with Crippen molar-refractivity contribution in [3.8, 4) is 5.88 Å². The summed E-state index contributed by atoms with van der Waals surface area (Å²) in [5.41, 5.74) is 6.45. The van der Waals surface area contributed by atoms with Crippen LogP contribution in [0, 0.1) is 0 Å². The molecule has 0 saturated carbocycles. The topological polar surface area (TPSA) is 60.6 Å². The SMILES string of the molecule is CCCOc1nc(N2CCOC(C)C2)ccc1N. The first-order chi connectivity index (χ1) is 8.70. The van der Waals surface area contributed by atoms with E-state index in [1.54, 1.807) is 0 Å². The summed E-state index contributed by atoms with van der Waals surface area (Å²) in [7, 11) is 0. The highest BCUT2D eigenvalue weighted by atomic mass is 16.5. The van der Waals surface area contributed by atoms with Crippen LogP contribution in [-0.2, 0) is 4.74 Å². The Balaban J connectivity index is 2.12. The molecule has 100 valence electrons. The van der Waals surface area contributed by atoms with E-state index in [2.05, 4.69) is 23.7 Å². The van der Waals surface area contributed by atoms with Gasteiger partial charge < -0.3 is 20.1 Å². The van der Waals surface area contributed by atoms with Crippen LogP contribution < -0.4 is 15.4 Å².